The first-order chi connectivity index (χ1) is 14.5. The molecule has 2 aromatic heterocycles. The van der Waals surface area contributed by atoms with Crippen molar-refractivity contribution in [2.75, 3.05) is 11.1 Å². The van der Waals surface area contributed by atoms with E-state index in [1.807, 2.05) is 17.7 Å². The first kappa shape index (κ1) is 21.2. The molecule has 0 atom stereocenters. The molecule has 0 spiro atoms. The van der Waals surface area contributed by atoms with Gasteiger partial charge < -0.3 is 9.88 Å². The minimum Gasteiger partial charge on any atom is -0.316 e. The number of fused-ring (bicyclic) bond motifs is 1. The van der Waals surface area contributed by atoms with Crippen molar-refractivity contribution in [2.45, 2.75) is 30.8 Å². The molecule has 3 aromatic rings. The SMILES string of the molecule is Cn1c(SCC(=O)Nc2sc3c(c2C#N)CCCC3)nnc1-c1ccc(Cl)c(Cl)c1. The Morgan fingerprint density at radius 2 is 2.10 bits per heavy atom. The minimum atomic E-state index is -0.172. The van der Waals surface area contributed by atoms with E-state index in [1.54, 1.807) is 12.1 Å². The third-order valence-electron chi connectivity index (χ3n) is 4.88. The molecule has 0 saturated carbocycles. The summed E-state index contributed by atoms with van der Waals surface area (Å²) in [5.74, 6) is 0.629. The van der Waals surface area contributed by atoms with Crippen molar-refractivity contribution in [1.82, 2.24) is 14.8 Å². The summed E-state index contributed by atoms with van der Waals surface area (Å²) in [6, 6.07) is 7.53. The highest BCUT2D eigenvalue weighted by molar-refractivity contribution is 7.99. The van der Waals surface area contributed by atoms with Gasteiger partial charge in [0.25, 0.3) is 0 Å². The maximum absolute atomic E-state index is 12.5. The number of thioether (sulfide) groups is 1. The number of aryl methyl sites for hydroxylation is 1. The van der Waals surface area contributed by atoms with Gasteiger partial charge in [-0.3, -0.25) is 4.79 Å². The minimum absolute atomic E-state index is 0.167. The summed E-state index contributed by atoms with van der Waals surface area (Å²) in [4.78, 5) is 13.7. The molecule has 1 amide bonds. The van der Waals surface area contributed by atoms with Gasteiger partial charge in [0.2, 0.25) is 5.91 Å². The first-order valence-corrected chi connectivity index (χ1v) is 11.9. The number of aromatic nitrogens is 3. The zero-order chi connectivity index (χ0) is 21.3. The van der Waals surface area contributed by atoms with E-state index >= 15 is 0 Å². The Hall–Kier alpha value is -2.05. The van der Waals surface area contributed by atoms with Crippen LogP contribution in [0.3, 0.4) is 0 Å². The molecule has 0 aliphatic heterocycles. The van der Waals surface area contributed by atoms with E-state index in [9.17, 15) is 10.1 Å². The summed E-state index contributed by atoms with van der Waals surface area (Å²) in [7, 11) is 1.83. The fraction of sp³-hybridized carbons (Fsp3) is 0.300. The summed E-state index contributed by atoms with van der Waals surface area (Å²) in [6.45, 7) is 0. The van der Waals surface area contributed by atoms with Crippen molar-refractivity contribution in [3.8, 4) is 17.5 Å². The van der Waals surface area contributed by atoms with Crippen molar-refractivity contribution in [2.24, 2.45) is 7.05 Å². The topological polar surface area (TPSA) is 83.6 Å². The Labute approximate surface area is 192 Å². The zero-order valence-electron chi connectivity index (χ0n) is 16.0. The second-order valence-electron chi connectivity index (χ2n) is 6.86. The molecule has 0 bridgehead atoms. The van der Waals surface area contributed by atoms with Crippen LogP contribution in [0.15, 0.2) is 23.4 Å². The van der Waals surface area contributed by atoms with E-state index in [1.165, 1.54) is 28.0 Å². The van der Waals surface area contributed by atoms with Gasteiger partial charge >= 0.3 is 0 Å². The van der Waals surface area contributed by atoms with Crippen LogP contribution in [0.1, 0.15) is 28.8 Å². The van der Waals surface area contributed by atoms with Crippen molar-refractivity contribution in [3.63, 3.8) is 0 Å². The quantitative estimate of drug-likeness (QED) is 0.501. The van der Waals surface area contributed by atoms with Crippen LogP contribution in [0, 0.1) is 11.3 Å². The van der Waals surface area contributed by atoms with Crippen molar-refractivity contribution in [1.29, 1.82) is 5.26 Å². The number of benzene rings is 1. The zero-order valence-corrected chi connectivity index (χ0v) is 19.2. The number of carbonyl (C=O) groups is 1. The maximum atomic E-state index is 12.5. The van der Waals surface area contributed by atoms with Crippen LogP contribution >= 0.6 is 46.3 Å². The van der Waals surface area contributed by atoms with Gasteiger partial charge in [0.1, 0.15) is 11.1 Å². The lowest BCUT2D eigenvalue weighted by Crippen LogP contribution is -2.14. The number of thiophene rings is 1. The molecular weight excluding hydrogens is 461 g/mol. The molecule has 1 aliphatic rings. The molecule has 6 nitrogen and oxygen atoms in total. The molecule has 1 aliphatic carbocycles. The summed E-state index contributed by atoms with van der Waals surface area (Å²) >= 11 is 14.9. The second-order valence-corrected chi connectivity index (χ2v) is 9.72. The molecule has 0 unspecified atom stereocenters. The van der Waals surface area contributed by atoms with Crippen LogP contribution < -0.4 is 5.32 Å². The predicted octanol–water partition coefficient (Wildman–Crippen LogP) is 5.33. The number of halogens is 2. The van der Waals surface area contributed by atoms with Gasteiger partial charge in [-0.05, 0) is 49.4 Å². The highest BCUT2D eigenvalue weighted by Crippen LogP contribution is 2.37. The fourth-order valence-corrected chi connectivity index (χ4v) is 5.66. The van der Waals surface area contributed by atoms with Crippen LogP contribution in [-0.4, -0.2) is 26.4 Å². The molecular formula is C20H17Cl2N5OS2. The number of carbonyl (C=O) groups excluding carboxylic acids is 1. The number of hydrogen-bond acceptors (Lipinski definition) is 6. The van der Waals surface area contributed by atoms with E-state index in [4.69, 9.17) is 23.2 Å². The van der Waals surface area contributed by atoms with Gasteiger partial charge in [0.05, 0.1) is 21.4 Å². The van der Waals surface area contributed by atoms with Crippen molar-refractivity contribution in [3.05, 3.63) is 44.2 Å². The predicted molar refractivity (Wildman–Crippen MR) is 121 cm³/mol. The highest BCUT2D eigenvalue weighted by atomic mass is 35.5. The van der Waals surface area contributed by atoms with Crippen molar-refractivity contribution >= 4 is 57.2 Å². The molecule has 30 heavy (non-hydrogen) atoms. The fourth-order valence-electron chi connectivity index (χ4n) is 3.39. The number of rotatable bonds is 5. The molecule has 2 heterocycles. The molecule has 1 aromatic carbocycles. The lowest BCUT2D eigenvalue weighted by atomic mass is 9.96. The third kappa shape index (κ3) is 4.21. The average Bonchev–Trinajstić information content (AvgIpc) is 3.28. The van der Waals surface area contributed by atoms with Crippen LogP contribution in [0.25, 0.3) is 11.4 Å². The highest BCUT2D eigenvalue weighted by Gasteiger charge is 2.22. The molecule has 154 valence electrons. The van der Waals surface area contributed by atoms with Crippen LogP contribution in [0.4, 0.5) is 5.00 Å². The summed E-state index contributed by atoms with van der Waals surface area (Å²) in [6.07, 6.45) is 4.12. The van der Waals surface area contributed by atoms with E-state index in [0.29, 0.717) is 31.6 Å². The van der Waals surface area contributed by atoms with Gasteiger partial charge in [-0.25, -0.2) is 0 Å². The Morgan fingerprint density at radius 3 is 2.87 bits per heavy atom. The molecule has 0 fully saturated rings. The van der Waals surface area contributed by atoms with Gasteiger partial charge in [0.15, 0.2) is 11.0 Å². The van der Waals surface area contributed by atoms with Gasteiger partial charge in [-0.15, -0.1) is 21.5 Å². The Balaban J connectivity index is 1.44. The molecule has 10 heteroatoms. The molecule has 0 radical (unpaired) electrons. The molecule has 0 saturated heterocycles. The lowest BCUT2D eigenvalue weighted by Gasteiger charge is -2.09. The van der Waals surface area contributed by atoms with E-state index < -0.39 is 0 Å². The molecule has 1 N–H and O–H groups in total. The Morgan fingerprint density at radius 1 is 1.30 bits per heavy atom. The van der Waals surface area contributed by atoms with Crippen LogP contribution in [0.5, 0.6) is 0 Å². The van der Waals surface area contributed by atoms with Gasteiger partial charge in [-0.2, -0.15) is 5.26 Å². The number of anilines is 1. The third-order valence-corrected chi connectivity index (χ3v) is 7.85. The van der Waals surface area contributed by atoms with E-state index in [-0.39, 0.29) is 11.7 Å². The Kier molecular flexibility index (Phi) is 6.34. The maximum Gasteiger partial charge on any atom is 0.235 e. The van der Waals surface area contributed by atoms with E-state index in [0.717, 1.165) is 36.8 Å². The summed E-state index contributed by atoms with van der Waals surface area (Å²) < 4.78 is 1.81. The second kappa shape index (κ2) is 8.98. The van der Waals surface area contributed by atoms with Crippen molar-refractivity contribution < 1.29 is 4.79 Å². The number of nitriles is 1. The smallest absolute Gasteiger partial charge is 0.235 e. The summed E-state index contributed by atoms with van der Waals surface area (Å²) in [5.41, 5.74) is 2.52. The number of nitrogens with one attached hydrogen (secondary N) is 1. The first-order valence-electron chi connectivity index (χ1n) is 9.30. The average molecular weight is 478 g/mol. The van der Waals surface area contributed by atoms with Gasteiger partial charge in [0, 0.05) is 17.5 Å². The standard InChI is InChI=1S/C20H17Cl2N5OS2/c1-27-18(11-6-7-14(21)15(22)8-11)25-26-20(27)29-10-17(28)24-19-13(9-23)12-4-2-3-5-16(12)30-19/h6-8H,2-5,10H2,1H3,(H,24,28). The van der Waals surface area contributed by atoms with Crippen LogP contribution in [-0.2, 0) is 24.7 Å². The number of hydrogen-bond donors (Lipinski definition) is 1. The largest absolute Gasteiger partial charge is 0.316 e. The normalized spacial score (nSPS) is 13.0. The Bertz CT molecular complexity index is 1160. The monoisotopic (exact) mass is 477 g/mol. The number of amides is 1. The molecule has 4 rings (SSSR count). The number of nitrogens with zero attached hydrogens (tertiary/aromatic N) is 4. The summed E-state index contributed by atoms with van der Waals surface area (Å²) in [5, 5.41) is 23.0. The van der Waals surface area contributed by atoms with E-state index in [2.05, 4.69) is 21.6 Å². The van der Waals surface area contributed by atoms with Gasteiger partial charge in [-0.1, -0.05) is 35.0 Å². The lowest BCUT2D eigenvalue weighted by molar-refractivity contribution is -0.113. The van der Waals surface area contributed by atoms with Crippen LogP contribution in [0.2, 0.25) is 10.0 Å².